The molecule has 3 rings (SSSR count). The highest BCUT2D eigenvalue weighted by atomic mass is 32.2. The molecule has 0 saturated heterocycles. The molecule has 1 amide bonds. The molecule has 27 heavy (non-hydrogen) atoms. The van der Waals surface area contributed by atoms with Crippen LogP contribution in [0.3, 0.4) is 0 Å². The second-order valence-electron chi connectivity index (χ2n) is 6.62. The summed E-state index contributed by atoms with van der Waals surface area (Å²) in [5.41, 5.74) is 0.654. The monoisotopic (exact) mass is 398 g/mol. The number of carbonyl (C=O) groups excluding carboxylic acids is 1. The van der Waals surface area contributed by atoms with Gasteiger partial charge in [0.05, 0.1) is 5.75 Å². The molecule has 0 atom stereocenters. The molecule has 0 bridgehead atoms. The second kappa shape index (κ2) is 8.77. The van der Waals surface area contributed by atoms with E-state index in [1.807, 2.05) is 0 Å². The van der Waals surface area contributed by atoms with Gasteiger partial charge in [0.1, 0.15) is 12.4 Å². The van der Waals surface area contributed by atoms with Gasteiger partial charge in [-0.2, -0.15) is 13.2 Å². The van der Waals surface area contributed by atoms with Crippen LogP contribution in [0.15, 0.2) is 35.5 Å². The Bertz CT molecular complexity index is 745. The second-order valence-corrected chi connectivity index (χ2v) is 7.57. The Morgan fingerprint density at radius 2 is 1.93 bits per heavy atom. The van der Waals surface area contributed by atoms with Crippen molar-refractivity contribution in [3.63, 3.8) is 0 Å². The molecule has 146 valence electrons. The minimum Gasteiger partial charge on any atom is -0.329 e. The van der Waals surface area contributed by atoms with Crippen LogP contribution >= 0.6 is 11.8 Å². The lowest BCUT2D eigenvalue weighted by Gasteiger charge is -2.23. The van der Waals surface area contributed by atoms with E-state index < -0.39 is 18.6 Å². The number of amides is 1. The summed E-state index contributed by atoms with van der Waals surface area (Å²) >= 11 is 1.06. The first-order chi connectivity index (χ1) is 12.9. The van der Waals surface area contributed by atoms with Gasteiger partial charge in [-0.3, -0.25) is 9.89 Å². The molecule has 0 unspecified atom stereocenters. The van der Waals surface area contributed by atoms with Crippen molar-refractivity contribution in [1.82, 2.24) is 20.1 Å². The Balaban J connectivity index is 1.59. The fourth-order valence-electron chi connectivity index (χ4n) is 3.17. The third-order valence-electron chi connectivity index (χ3n) is 4.49. The number of thioether (sulfide) groups is 1. The number of alkyl halides is 3. The molecule has 1 aromatic heterocycles. The number of H-pyrrole nitrogens is 1. The van der Waals surface area contributed by atoms with Crippen molar-refractivity contribution in [3.8, 4) is 0 Å². The third kappa shape index (κ3) is 5.98. The van der Waals surface area contributed by atoms with Crippen LogP contribution in [-0.4, -0.2) is 44.5 Å². The Hall–Kier alpha value is -2.03. The zero-order valence-electron chi connectivity index (χ0n) is 14.7. The highest BCUT2D eigenvalue weighted by Crippen LogP contribution is 2.32. The molecule has 1 aromatic carbocycles. The maximum atomic E-state index is 12.9. The molecule has 1 aliphatic rings. The van der Waals surface area contributed by atoms with Crippen LogP contribution in [-0.2, 0) is 11.3 Å². The van der Waals surface area contributed by atoms with Crippen molar-refractivity contribution in [3.05, 3.63) is 41.7 Å². The van der Waals surface area contributed by atoms with Crippen molar-refractivity contribution in [2.24, 2.45) is 0 Å². The third-order valence-corrected chi connectivity index (χ3v) is 5.32. The SMILES string of the molecule is O=C(CSc1n[nH]c(C2CCCC2)n1)N(Cc1ccccc1)CC(F)(F)F. The number of benzene rings is 1. The van der Waals surface area contributed by atoms with Crippen LogP contribution < -0.4 is 0 Å². The smallest absolute Gasteiger partial charge is 0.329 e. The molecule has 1 heterocycles. The Kier molecular flexibility index (Phi) is 6.41. The lowest BCUT2D eigenvalue weighted by molar-refractivity contribution is -0.160. The lowest BCUT2D eigenvalue weighted by atomic mass is 10.1. The van der Waals surface area contributed by atoms with Gasteiger partial charge in [-0.1, -0.05) is 54.9 Å². The molecular weight excluding hydrogens is 377 g/mol. The van der Waals surface area contributed by atoms with Gasteiger partial charge in [0, 0.05) is 12.5 Å². The number of rotatable bonds is 7. The van der Waals surface area contributed by atoms with Crippen LogP contribution in [0, 0.1) is 0 Å². The van der Waals surface area contributed by atoms with Gasteiger partial charge >= 0.3 is 6.18 Å². The minimum atomic E-state index is -4.45. The molecule has 0 spiro atoms. The fourth-order valence-corrected chi connectivity index (χ4v) is 3.88. The van der Waals surface area contributed by atoms with Crippen molar-refractivity contribution in [2.45, 2.75) is 49.5 Å². The minimum absolute atomic E-state index is 0.0823. The quantitative estimate of drug-likeness (QED) is 0.712. The molecule has 1 saturated carbocycles. The first-order valence-electron chi connectivity index (χ1n) is 8.84. The molecule has 2 aromatic rings. The summed E-state index contributed by atoms with van der Waals surface area (Å²) in [6.07, 6.45) is 0.00903. The molecular formula is C18H21F3N4OS. The molecule has 0 aliphatic heterocycles. The average Bonchev–Trinajstić information content (AvgIpc) is 3.30. The van der Waals surface area contributed by atoms with E-state index in [1.165, 1.54) is 0 Å². The van der Waals surface area contributed by atoms with Crippen molar-refractivity contribution in [2.75, 3.05) is 12.3 Å². The van der Waals surface area contributed by atoms with E-state index in [4.69, 9.17) is 0 Å². The van der Waals surface area contributed by atoms with Crippen LogP contribution in [0.2, 0.25) is 0 Å². The van der Waals surface area contributed by atoms with Gasteiger partial charge in [0.2, 0.25) is 11.1 Å². The number of halogens is 3. The number of aromatic amines is 1. The number of nitrogens with zero attached hydrogens (tertiary/aromatic N) is 3. The van der Waals surface area contributed by atoms with E-state index >= 15 is 0 Å². The summed E-state index contributed by atoms with van der Waals surface area (Å²) in [5, 5.41) is 7.38. The first kappa shape index (κ1) is 19.7. The highest BCUT2D eigenvalue weighted by molar-refractivity contribution is 7.99. The molecule has 1 N–H and O–H groups in total. The highest BCUT2D eigenvalue weighted by Gasteiger charge is 2.33. The van der Waals surface area contributed by atoms with E-state index in [-0.39, 0.29) is 12.3 Å². The molecule has 0 radical (unpaired) electrons. The molecule has 1 aliphatic carbocycles. The first-order valence-corrected chi connectivity index (χ1v) is 9.83. The van der Waals surface area contributed by atoms with Gasteiger partial charge in [-0.05, 0) is 18.4 Å². The van der Waals surface area contributed by atoms with Crippen LogP contribution in [0.25, 0.3) is 0 Å². The molecule has 1 fully saturated rings. The largest absolute Gasteiger partial charge is 0.406 e. The summed E-state index contributed by atoms with van der Waals surface area (Å²) in [4.78, 5) is 17.6. The van der Waals surface area contributed by atoms with Crippen molar-refractivity contribution in [1.29, 1.82) is 0 Å². The number of nitrogens with one attached hydrogen (secondary N) is 1. The van der Waals surface area contributed by atoms with Crippen LogP contribution in [0.5, 0.6) is 0 Å². The van der Waals surface area contributed by atoms with E-state index in [0.29, 0.717) is 16.6 Å². The summed E-state index contributed by atoms with van der Waals surface area (Å²) in [6.45, 7) is -1.36. The number of carbonyl (C=O) groups is 1. The number of hydrogen-bond acceptors (Lipinski definition) is 4. The molecule has 9 heteroatoms. The van der Waals surface area contributed by atoms with Gasteiger partial charge in [0.25, 0.3) is 0 Å². The summed E-state index contributed by atoms with van der Waals surface area (Å²) in [5.74, 6) is 0.444. The van der Waals surface area contributed by atoms with E-state index in [0.717, 1.165) is 48.2 Å². The summed E-state index contributed by atoms with van der Waals surface area (Å²) in [7, 11) is 0. The Morgan fingerprint density at radius 1 is 1.22 bits per heavy atom. The fraction of sp³-hybridized carbons (Fsp3) is 0.500. The predicted octanol–water partition coefficient (Wildman–Crippen LogP) is 4.15. The van der Waals surface area contributed by atoms with E-state index in [2.05, 4.69) is 15.2 Å². The molecule has 5 nitrogen and oxygen atoms in total. The van der Waals surface area contributed by atoms with E-state index in [1.54, 1.807) is 30.3 Å². The Morgan fingerprint density at radius 3 is 2.59 bits per heavy atom. The van der Waals surface area contributed by atoms with E-state index in [9.17, 15) is 18.0 Å². The van der Waals surface area contributed by atoms with Gasteiger partial charge in [-0.25, -0.2) is 4.98 Å². The maximum absolute atomic E-state index is 12.9. The standard InChI is InChI=1S/C18H21F3N4OS/c19-18(20,21)12-25(10-13-6-2-1-3-7-13)15(26)11-27-17-22-16(23-24-17)14-8-4-5-9-14/h1-3,6-7,14H,4-5,8-12H2,(H,22,23,24). The number of hydrogen-bond donors (Lipinski definition) is 1. The Labute approximate surface area is 159 Å². The summed E-state index contributed by atoms with van der Waals surface area (Å²) in [6, 6.07) is 8.65. The van der Waals surface area contributed by atoms with Crippen LogP contribution in [0.1, 0.15) is 43.0 Å². The number of aromatic nitrogens is 3. The average molecular weight is 398 g/mol. The van der Waals surface area contributed by atoms with Gasteiger partial charge in [0.15, 0.2) is 0 Å². The zero-order chi connectivity index (χ0) is 19.3. The van der Waals surface area contributed by atoms with Gasteiger partial charge < -0.3 is 4.90 Å². The summed E-state index contributed by atoms with van der Waals surface area (Å²) < 4.78 is 38.6. The lowest BCUT2D eigenvalue weighted by Crippen LogP contribution is -2.39. The topological polar surface area (TPSA) is 61.9 Å². The van der Waals surface area contributed by atoms with Crippen molar-refractivity contribution >= 4 is 17.7 Å². The zero-order valence-corrected chi connectivity index (χ0v) is 15.5. The predicted molar refractivity (Wildman–Crippen MR) is 96.2 cm³/mol. The van der Waals surface area contributed by atoms with Gasteiger partial charge in [-0.15, -0.1) is 5.10 Å². The normalized spacial score (nSPS) is 15.2. The van der Waals surface area contributed by atoms with Crippen molar-refractivity contribution < 1.29 is 18.0 Å². The van der Waals surface area contributed by atoms with Crippen LogP contribution in [0.4, 0.5) is 13.2 Å². The maximum Gasteiger partial charge on any atom is 0.406 e.